The topological polar surface area (TPSA) is 58.6 Å². The third-order valence-corrected chi connectivity index (χ3v) is 2.23. The fraction of sp³-hybridized carbons (Fsp3) is 0.0909. The van der Waals surface area contributed by atoms with Crippen LogP contribution >= 0.6 is 0 Å². The monoisotopic (exact) mass is 218 g/mol. The summed E-state index contributed by atoms with van der Waals surface area (Å²) in [5.74, 6) is -0.649. The summed E-state index contributed by atoms with van der Waals surface area (Å²) in [5, 5.41) is 0. The van der Waals surface area contributed by atoms with Gasteiger partial charge in [0.1, 0.15) is 0 Å². The van der Waals surface area contributed by atoms with E-state index in [0.29, 0.717) is 11.1 Å². The number of imide groups is 1. The van der Waals surface area contributed by atoms with Crippen LogP contribution in [-0.4, -0.2) is 23.8 Å². The van der Waals surface area contributed by atoms with Gasteiger partial charge in [-0.3, -0.25) is 19.9 Å². The number of carbonyl (C=O) groups excluding carboxylic acids is 2. The molecule has 2 rings (SSSR count). The molecule has 5 nitrogen and oxygen atoms in total. The van der Waals surface area contributed by atoms with Gasteiger partial charge >= 0.3 is 0 Å². The van der Waals surface area contributed by atoms with Crippen LogP contribution in [0.1, 0.15) is 20.7 Å². The smallest absolute Gasteiger partial charge is 0.265 e. The maximum atomic E-state index is 11.8. The minimum atomic E-state index is -0.324. The summed E-state index contributed by atoms with van der Waals surface area (Å²) < 4.78 is 0. The Kier molecular flexibility index (Phi) is 2.70. The third-order valence-electron chi connectivity index (χ3n) is 2.23. The van der Waals surface area contributed by atoms with Gasteiger partial charge in [-0.2, -0.15) is 0 Å². The van der Waals surface area contributed by atoms with Crippen molar-refractivity contribution in [3.63, 3.8) is 0 Å². The SMILES string of the molecule is CONC=CN1C(=O)c2ccccc2C1=O. The molecule has 16 heavy (non-hydrogen) atoms. The average Bonchev–Trinajstić information content (AvgIpc) is 2.55. The summed E-state index contributed by atoms with van der Waals surface area (Å²) in [6.07, 6.45) is 2.72. The number of nitrogens with one attached hydrogen (secondary N) is 1. The quantitative estimate of drug-likeness (QED) is 0.605. The number of rotatable bonds is 3. The van der Waals surface area contributed by atoms with Crippen molar-refractivity contribution in [1.29, 1.82) is 0 Å². The van der Waals surface area contributed by atoms with Gasteiger partial charge in [0.15, 0.2) is 0 Å². The normalized spacial score (nSPS) is 14.7. The van der Waals surface area contributed by atoms with Gasteiger partial charge in [0, 0.05) is 12.4 Å². The van der Waals surface area contributed by atoms with Crippen molar-refractivity contribution >= 4 is 11.8 Å². The van der Waals surface area contributed by atoms with Crippen LogP contribution in [0.15, 0.2) is 36.7 Å². The molecule has 0 fully saturated rings. The van der Waals surface area contributed by atoms with E-state index in [-0.39, 0.29) is 11.8 Å². The first-order valence-corrected chi connectivity index (χ1v) is 4.68. The molecular formula is C11H10N2O3. The molecule has 0 unspecified atom stereocenters. The van der Waals surface area contributed by atoms with Gasteiger partial charge in [-0.25, -0.2) is 4.90 Å². The molecule has 0 aromatic heterocycles. The van der Waals surface area contributed by atoms with E-state index >= 15 is 0 Å². The largest absolute Gasteiger partial charge is 0.280 e. The molecule has 0 radical (unpaired) electrons. The molecule has 1 heterocycles. The maximum absolute atomic E-state index is 11.8. The highest BCUT2D eigenvalue weighted by Gasteiger charge is 2.33. The van der Waals surface area contributed by atoms with E-state index in [4.69, 9.17) is 0 Å². The predicted molar refractivity (Wildman–Crippen MR) is 56.2 cm³/mol. The molecule has 0 atom stereocenters. The summed E-state index contributed by atoms with van der Waals surface area (Å²) in [7, 11) is 1.44. The first-order chi connectivity index (χ1) is 7.75. The second kappa shape index (κ2) is 4.16. The highest BCUT2D eigenvalue weighted by molar-refractivity contribution is 6.21. The molecule has 0 spiro atoms. The highest BCUT2D eigenvalue weighted by Crippen LogP contribution is 2.22. The predicted octanol–water partition coefficient (Wildman–Crippen LogP) is 0.905. The van der Waals surface area contributed by atoms with Gasteiger partial charge in [-0.1, -0.05) is 12.1 Å². The zero-order valence-electron chi connectivity index (χ0n) is 8.64. The van der Waals surface area contributed by atoms with Crippen molar-refractivity contribution < 1.29 is 14.4 Å². The molecule has 0 saturated carbocycles. The van der Waals surface area contributed by atoms with Crippen LogP contribution in [0.2, 0.25) is 0 Å². The lowest BCUT2D eigenvalue weighted by Gasteiger charge is -2.06. The Bertz CT molecular complexity index is 433. The molecule has 0 saturated heterocycles. The summed E-state index contributed by atoms with van der Waals surface area (Å²) in [6.45, 7) is 0. The van der Waals surface area contributed by atoms with Crippen LogP contribution in [0.3, 0.4) is 0 Å². The third kappa shape index (κ3) is 1.57. The van der Waals surface area contributed by atoms with Gasteiger partial charge in [0.05, 0.1) is 18.2 Å². The molecule has 1 N–H and O–H groups in total. The number of hydrogen-bond donors (Lipinski definition) is 1. The van der Waals surface area contributed by atoms with E-state index in [1.54, 1.807) is 24.3 Å². The second-order valence-electron chi connectivity index (χ2n) is 3.16. The Hall–Kier alpha value is -2.14. The fourth-order valence-corrected chi connectivity index (χ4v) is 1.52. The van der Waals surface area contributed by atoms with Crippen LogP contribution < -0.4 is 5.48 Å². The summed E-state index contributed by atoms with van der Waals surface area (Å²) in [5.41, 5.74) is 3.27. The molecule has 1 aromatic carbocycles. The Morgan fingerprint density at radius 1 is 1.19 bits per heavy atom. The molecule has 0 bridgehead atoms. The number of carbonyl (C=O) groups is 2. The Balaban J connectivity index is 2.28. The Labute approximate surface area is 92.3 Å². The molecule has 5 heteroatoms. The van der Waals surface area contributed by atoms with Gasteiger partial charge in [0.2, 0.25) is 0 Å². The Morgan fingerprint density at radius 2 is 1.75 bits per heavy atom. The summed E-state index contributed by atoms with van der Waals surface area (Å²) >= 11 is 0. The number of benzene rings is 1. The van der Waals surface area contributed by atoms with Crippen LogP contribution in [0.4, 0.5) is 0 Å². The van der Waals surface area contributed by atoms with Crippen molar-refractivity contribution in [2.45, 2.75) is 0 Å². The van der Waals surface area contributed by atoms with Crippen LogP contribution in [0.25, 0.3) is 0 Å². The van der Waals surface area contributed by atoms with Crippen LogP contribution in [0.5, 0.6) is 0 Å². The molecular weight excluding hydrogens is 208 g/mol. The van der Waals surface area contributed by atoms with E-state index in [1.165, 1.54) is 19.5 Å². The average molecular weight is 218 g/mol. The van der Waals surface area contributed by atoms with E-state index in [2.05, 4.69) is 10.3 Å². The second-order valence-corrected chi connectivity index (χ2v) is 3.16. The number of amides is 2. The molecule has 0 aliphatic carbocycles. The minimum absolute atomic E-state index is 0.324. The number of nitrogens with zero attached hydrogens (tertiary/aromatic N) is 1. The first-order valence-electron chi connectivity index (χ1n) is 4.68. The lowest BCUT2D eigenvalue weighted by atomic mass is 10.1. The van der Waals surface area contributed by atoms with Crippen molar-refractivity contribution in [1.82, 2.24) is 10.4 Å². The van der Waals surface area contributed by atoms with E-state index in [1.807, 2.05) is 0 Å². The number of hydroxylamine groups is 1. The lowest BCUT2D eigenvalue weighted by molar-refractivity contribution is 0.0716. The standard InChI is InChI=1S/C11H10N2O3/c1-16-12-6-7-13-10(14)8-4-2-3-5-9(8)11(13)15/h2-7,12H,1H3. The van der Waals surface area contributed by atoms with Crippen LogP contribution in [-0.2, 0) is 4.84 Å². The fourth-order valence-electron chi connectivity index (χ4n) is 1.52. The van der Waals surface area contributed by atoms with Gasteiger partial charge in [-0.15, -0.1) is 0 Å². The lowest BCUT2D eigenvalue weighted by Crippen LogP contribution is -2.24. The Morgan fingerprint density at radius 3 is 2.25 bits per heavy atom. The molecule has 1 aromatic rings. The number of fused-ring (bicyclic) bond motifs is 1. The van der Waals surface area contributed by atoms with Crippen molar-refractivity contribution in [3.8, 4) is 0 Å². The van der Waals surface area contributed by atoms with Crippen molar-refractivity contribution in [3.05, 3.63) is 47.8 Å². The molecule has 2 amide bonds. The maximum Gasteiger partial charge on any atom is 0.265 e. The molecule has 82 valence electrons. The van der Waals surface area contributed by atoms with E-state index < -0.39 is 0 Å². The molecule has 1 aliphatic rings. The van der Waals surface area contributed by atoms with Gasteiger partial charge in [0.25, 0.3) is 11.8 Å². The van der Waals surface area contributed by atoms with Crippen molar-refractivity contribution in [2.75, 3.05) is 7.11 Å². The molecule has 1 aliphatic heterocycles. The van der Waals surface area contributed by atoms with Crippen LogP contribution in [0, 0.1) is 0 Å². The summed E-state index contributed by atoms with van der Waals surface area (Å²) in [4.78, 5) is 29.2. The van der Waals surface area contributed by atoms with Gasteiger partial charge in [-0.05, 0) is 12.1 Å². The minimum Gasteiger partial charge on any atom is -0.280 e. The van der Waals surface area contributed by atoms with E-state index in [9.17, 15) is 9.59 Å². The zero-order chi connectivity index (χ0) is 11.5. The van der Waals surface area contributed by atoms with Crippen molar-refractivity contribution in [2.24, 2.45) is 0 Å². The first kappa shape index (κ1) is 10.4. The number of hydrogen-bond acceptors (Lipinski definition) is 4. The highest BCUT2D eigenvalue weighted by atomic mass is 16.6. The van der Waals surface area contributed by atoms with Gasteiger partial charge < -0.3 is 0 Å². The summed E-state index contributed by atoms with van der Waals surface area (Å²) in [6, 6.07) is 6.72. The van der Waals surface area contributed by atoms with E-state index in [0.717, 1.165) is 4.90 Å². The zero-order valence-corrected chi connectivity index (χ0v) is 8.64.